The van der Waals surface area contributed by atoms with Crippen molar-refractivity contribution in [1.82, 2.24) is 0 Å². The molecule has 2 aliphatic rings. The van der Waals surface area contributed by atoms with E-state index in [4.69, 9.17) is 21.1 Å². The number of hydrogen-bond acceptors (Lipinski definition) is 5. The topological polar surface area (TPSA) is 85.2 Å². The predicted molar refractivity (Wildman–Crippen MR) is 123 cm³/mol. The molecule has 1 N–H and O–H groups in total. The molecule has 0 bridgehead atoms. The molecule has 0 saturated heterocycles. The normalized spacial score (nSPS) is 20.1. The molecule has 1 aliphatic carbocycles. The van der Waals surface area contributed by atoms with Crippen LogP contribution in [0.5, 0.6) is 5.75 Å². The summed E-state index contributed by atoms with van der Waals surface area (Å²) < 4.78 is 54.3. The van der Waals surface area contributed by atoms with Gasteiger partial charge in [-0.25, -0.2) is 4.79 Å². The summed E-state index contributed by atoms with van der Waals surface area (Å²) in [7, 11) is 2.34. The summed E-state index contributed by atoms with van der Waals surface area (Å²) in [6.45, 7) is 0.0488. The number of nitrogens with zero attached hydrogens (tertiary/aromatic N) is 1. The Labute approximate surface area is 203 Å². The lowest BCUT2D eigenvalue weighted by atomic mass is 9.72. The predicted octanol–water partition coefficient (Wildman–Crippen LogP) is 4.84. The molecule has 0 saturated carbocycles. The third-order valence-corrected chi connectivity index (χ3v) is 6.58. The van der Waals surface area contributed by atoms with Gasteiger partial charge in [0.05, 0.1) is 20.8 Å². The fourth-order valence-corrected chi connectivity index (χ4v) is 4.68. The van der Waals surface area contributed by atoms with E-state index in [-0.39, 0.29) is 23.2 Å². The minimum atomic E-state index is -5.30. The van der Waals surface area contributed by atoms with Crippen LogP contribution in [0.2, 0.25) is 0 Å². The second-order valence-corrected chi connectivity index (χ2v) is 8.41. The first kappa shape index (κ1) is 24.5. The fourth-order valence-electron chi connectivity index (χ4n) is 4.40. The number of halogens is 4. The van der Waals surface area contributed by atoms with Crippen LogP contribution in [0.3, 0.4) is 0 Å². The largest absolute Gasteiger partial charge is 0.497 e. The highest BCUT2D eigenvalue weighted by Gasteiger charge is 2.66. The van der Waals surface area contributed by atoms with Gasteiger partial charge in [0.15, 0.2) is 5.76 Å². The highest BCUT2D eigenvalue weighted by atomic mass is 35.5. The van der Waals surface area contributed by atoms with E-state index in [1.807, 2.05) is 0 Å². The number of carboxylic acid groups (broad SMARTS) is 1. The van der Waals surface area contributed by atoms with Gasteiger partial charge in [-0.3, -0.25) is 9.79 Å². The number of aliphatic carboxylic acids is 1. The number of hydrogen-bond donors (Lipinski definition) is 1. The van der Waals surface area contributed by atoms with Crippen LogP contribution in [0.4, 0.5) is 13.2 Å². The zero-order chi connectivity index (χ0) is 25.5. The lowest BCUT2D eigenvalue weighted by Crippen LogP contribution is -2.52. The molecule has 1 atom stereocenters. The molecule has 1 aliphatic heterocycles. The van der Waals surface area contributed by atoms with Gasteiger partial charge in [0.1, 0.15) is 11.3 Å². The van der Waals surface area contributed by atoms with Crippen molar-refractivity contribution in [2.75, 3.05) is 14.2 Å². The van der Waals surface area contributed by atoms with E-state index in [0.29, 0.717) is 23.3 Å². The van der Waals surface area contributed by atoms with Gasteiger partial charge in [0.25, 0.3) is 0 Å². The number of benzene rings is 2. The van der Waals surface area contributed by atoms with Crippen molar-refractivity contribution in [3.63, 3.8) is 0 Å². The number of ketones is 1. The maximum Gasteiger partial charge on any atom is 0.419 e. The lowest BCUT2D eigenvalue weighted by Gasteiger charge is -2.38. The number of methoxy groups -OCH3 is 2. The molecule has 1 unspecified atom stereocenters. The van der Waals surface area contributed by atoms with Gasteiger partial charge in [-0.2, -0.15) is 13.2 Å². The van der Waals surface area contributed by atoms with Gasteiger partial charge < -0.3 is 14.6 Å². The van der Waals surface area contributed by atoms with Crippen LogP contribution in [-0.2, 0) is 27.3 Å². The number of rotatable bonds is 5. The van der Waals surface area contributed by atoms with E-state index in [2.05, 4.69) is 4.99 Å². The fraction of sp³-hybridized carbons (Fsp3) is 0.240. The van der Waals surface area contributed by atoms with Crippen molar-refractivity contribution in [3.8, 4) is 5.75 Å². The molecule has 2 aromatic carbocycles. The van der Waals surface area contributed by atoms with Gasteiger partial charge in [-0.05, 0) is 34.4 Å². The summed E-state index contributed by atoms with van der Waals surface area (Å²) in [5.41, 5.74) is -0.531. The van der Waals surface area contributed by atoms with E-state index < -0.39 is 39.7 Å². The molecule has 182 valence electrons. The molecule has 1 heterocycles. The number of allylic oxidation sites excluding steroid dienone is 2. The first-order valence-corrected chi connectivity index (χ1v) is 10.7. The first-order valence-electron chi connectivity index (χ1n) is 10.4. The number of fused-ring (bicyclic) bond motifs is 1. The second kappa shape index (κ2) is 8.88. The van der Waals surface area contributed by atoms with Crippen molar-refractivity contribution >= 4 is 40.7 Å². The molecule has 0 spiro atoms. The standard InChI is InChI=1S/C25H19ClF3NO5/c1-34-15-8-6-14(7-9-15)18-19(23(32)33)21(35-2)22(31)24(26,25(27,28)29)20(18)16-5-3-4-13-10-11-30-12-17(13)16/h3-9,11H,10,12H2,1-2H3,(H,32,33). The highest BCUT2D eigenvalue weighted by molar-refractivity contribution is 6.49. The van der Waals surface area contributed by atoms with Gasteiger partial charge in [-0.1, -0.05) is 41.9 Å². The molecule has 6 nitrogen and oxygen atoms in total. The summed E-state index contributed by atoms with van der Waals surface area (Å²) in [6.07, 6.45) is -3.29. The van der Waals surface area contributed by atoms with Crippen molar-refractivity contribution in [3.05, 3.63) is 76.1 Å². The molecule has 0 fully saturated rings. The number of aliphatic imine (C=N–C) groups is 1. The molecular weight excluding hydrogens is 487 g/mol. The summed E-state index contributed by atoms with van der Waals surface area (Å²) in [6, 6.07) is 10.4. The van der Waals surface area contributed by atoms with E-state index in [9.17, 15) is 27.9 Å². The van der Waals surface area contributed by atoms with Gasteiger partial charge >= 0.3 is 12.1 Å². The first-order chi connectivity index (χ1) is 16.6. The van der Waals surface area contributed by atoms with Crippen molar-refractivity contribution in [1.29, 1.82) is 0 Å². The zero-order valence-corrected chi connectivity index (χ0v) is 19.3. The van der Waals surface area contributed by atoms with Crippen LogP contribution < -0.4 is 4.74 Å². The Kier molecular flexibility index (Phi) is 6.23. The zero-order valence-electron chi connectivity index (χ0n) is 18.6. The number of ether oxygens (including phenoxy) is 2. The Morgan fingerprint density at radius 3 is 2.37 bits per heavy atom. The quantitative estimate of drug-likeness (QED) is 0.588. The summed E-state index contributed by atoms with van der Waals surface area (Å²) in [4.78, 5) is 26.3. The van der Waals surface area contributed by atoms with Gasteiger partial charge in [-0.15, -0.1) is 0 Å². The Balaban J connectivity index is 2.23. The second-order valence-electron chi connectivity index (χ2n) is 7.85. The van der Waals surface area contributed by atoms with E-state index in [0.717, 1.165) is 7.11 Å². The Morgan fingerprint density at radius 2 is 1.80 bits per heavy atom. The maximum absolute atomic E-state index is 14.7. The van der Waals surface area contributed by atoms with Gasteiger partial charge in [0.2, 0.25) is 10.7 Å². The molecule has 2 aromatic rings. The van der Waals surface area contributed by atoms with E-state index >= 15 is 0 Å². The molecule has 35 heavy (non-hydrogen) atoms. The minimum absolute atomic E-state index is 0.000235. The van der Waals surface area contributed by atoms with Crippen LogP contribution in [0.1, 0.15) is 22.3 Å². The number of carboxylic acids is 1. The Hall–Kier alpha value is -3.59. The SMILES string of the molecule is COC1=C(C(=O)O)C(c2ccc(OC)cc2)=C(c2cccc3c2CN=CC3)C(Cl)(C(F)(F)F)C1=O. The van der Waals surface area contributed by atoms with Crippen LogP contribution >= 0.6 is 11.6 Å². The van der Waals surface area contributed by atoms with Crippen molar-refractivity contribution < 1.29 is 37.3 Å². The number of Topliss-reactive ketones (excluding diaryl/α,β-unsaturated/α-hetero) is 1. The van der Waals surface area contributed by atoms with Crippen LogP contribution in [0.25, 0.3) is 11.1 Å². The summed E-state index contributed by atoms with van der Waals surface area (Å²) >= 11 is 6.29. The molecule has 4 rings (SSSR count). The van der Waals surface area contributed by atoms with E-state index in [1.54, 1.807) is 18.3 Å². The van der Waals surface area contributed by atoms with E-state index in [1.165, 1.54) is 37.4 Å². The highest BCUT2D eigenvalue weighted by Crippen LogP contribution is 2.56. The summed E-state index contributed by atoms with van der Waals surface area (Å²) in [5.74, 6) is -3.92. The minimum Gasteiger partial charge on any atom is -0.497 e. The van der Waals surface area contributed by atoms with Gasteiger partial charge in [0, 0.05) is 23.8 Å². The van der Waals surface area contributed by atoms with Crippen molar-refractivity contribution in [2.24, 2.45) is 4.99 Å². The van der Waals surface area contributed by atoms with Crippen LogP contribution in [0, 0.1) is 0 Å². The molecule has 0 amide bonds. The lowest BCUT2D eigenvalue weighted by molar-refractivity contribution is -0.161. The molecule has 10 heteroatoms. The van der Waals surface area contributed by atoms with Crippen molar-refractivity contribution in [2.45, 2.75) is 24.0 Å². The summed E-state index contributed by atoms with van der Waals surface area (Å²) in [5, 5.41) is 10.1. The third kappa shape index (κ3) is 3.80. The number of carbonyl (C=O) groups excluding carboxylic acids is 1. The number of alkyl halides is 4. The Bertz CT molecular complexity index is 1310. The molecular formula is C25H19ClF3NO5. The number of carbonyl (C=O) groups is 2. The van der Waals surface area contributed by atoms with Crippen LogP contribution in [0.15, 0.2) is 58.8 Å². The molecule has 0 radical (unpaired) electrons. The maximum atomic E-state index is 14.7. The Morgan fingerprint density at radius 1 is 1.11 bits per heavy atom. The third-order valence-electron chi connectivity index (χ3n) is 6.01. The average molecular weight is 506 g/mol. The monoisotopic (exact) mass is 505 g/mol. The smallest absolute Gasteiger partial charge is 0.419 e. The van der Waals surface area contributed by atoms with Crippen LogP contribution in [-0.4, -0.2) is 48.3 Å². The average Bonchev–Trinajstić information content (AvgIpc) is 2.84. The molecule has 0 aromatic heterocycles.